The number of hydrogen-bond donors (Lipinski definition) is 3. The molecule has 2 amide bonds. The number of benzene rings is 3. The highest BCUT2D eigenvalue weighted by Crippen LogP contribution is 2.32. The van der Waals surface area contributed by atoms with Gasteiger partial charge < -0.3 is 25.4 Å². The lowest BCUT2D eigenvalue weighted by Crippen LogP contribution is -2.20. The van der Waals surface area contributed by atoms with Crippen LogP contribution in [0.1, 0.15) is 0 Å². The molecule has 0 unspecified atom stereocenters. The molecule has 4 rings (SSSR count). The lowest BCUT2D eigenvalue weighted by molar-refractivity contribution is 0.262. The Labute approximate surface area is 199 Å². The zero-order chi connectivity index (χ0) is 23.4. The molecule has 168 valence electrons. The summed E-state index contributed by atoms with van der Waals surface area (Å²) in [6.07, 6.45) is 1.42. The highest BCUT2D eigenvalue weighted by molar-refractivity contribution is 6.44. The molecule has 0 aliphatic carbocycles. The number of hydrogen-bond acceptors (Lipinski definition) is 6. The number of nitrogens with zero attached hydrogens (tertiary/aromatic N) is 2. The normalized spacial score (nSPS) is 10.5. The van der Waals surface area contributed by atoms with E-state index < -0.39 is 6.03 Å². The van der Waals surface area contributed by atoms with Crippen LogP contribution in [0, 0.1) is 0 Å². The van der Waals surface area contributed by atoms with Crippen molar-refractivity contribution in [1.82, 2.24) is 9.97 Å². The van der Waals surface area contributed by atoms with E-state index in [2.05, 4.69) is 25.9 Å². The Morgan fingerprint density at radius 2 is 1.55 bits per heavy atom. The fourth-order valence-corrected chi connectivity index (χ4v) is 3.53. The molecule has 8 nitrogen and oxygen atoms in total. The number of anilines is 4. The lowest BCUT2D eigenvalue weighted by Gasteiger charge is -2.14. The number of nitrogens with one attached hydrogen (secondary N) is 3. The highest BCUT2D eigenvalue weighted by atomic mass is 35.5. The van der Waals surface area contributed by atoms with Crippen molar-refractivity contribution in [3.63, 3.8) is 0 Å². The maximum absolute atomic E-state index is 12.6. The van der Waals surface area contributed by atoms with Crippen molar-refractivity contribution in [2.24, 2.45) is 0 Å². The van der Waals surface area contributed by atoms with Crippen molar-refractivity contribution in [1.29, 1.82) is 0 Å². The summed E-state index contributed by atoms with van der Waals surface area (Å²) >= 11 is 12.2. The van der Waals surface area contributed by atoms with Gasteiger partial charge in [0.25, 0.3) is 0 Å². The van der Waals surface area contributed by atoms with Gasteiger partial charge in [-0.25, -0.2) is 14.8 Å². The molecule has 0 aliphatic rings. The van der Waals surface area contributed by atoms with Crippen LogP contribution >= 0.6 is 23.2 Å². The first-order valence-electron chi connectivity index (χ1n) is 9.74. The molecular formula is C23H19Cl2N5O3. The highest BCUT2D eigenvalue weighted by Gasteiger charge is 2.13. The van der Waals surface area contributed by atoms with Gasteiger partial charge in [-0.3, -0.25) is 0 Å². The number of halogens is 2. The van der Waals surface area contributed by atoms with Gasteiger partial charge in [0.15, 0.2) is 0 Å². The zero-order valence-electron chi connectivity index (χ0n) is 17.6. The number of para-hydroxylation sites is 1. The van der Waals surface area contributed by atoms with E-state index in [1.165, 1.54) is 6.33 Å². The maximum Gasteiger partial charge on any atom is 0.323 e. The maximum atomic E-state index is 12.6. The molecule has 33 heavy (non-hydrogen) atoms. The molecular weight excluding hydrogens is 465 g/mol. The molecule has 0 aliphatic heterocycles. The van der Waals surface area contributed by atoms with Gasteiger partial charge >= 0.3 is 6.03 Å². The summed E-state index contributed by atoms with van der Waals surface area (Å²) in [5.41, 5.74) is 2.16. The molecule has 0 atom stereocenters. The van der Waals surface area contributed by atoms with Crippen molar-refractivity contribution < 1.29 is 14.3 Å². The molecule has 0 saturated carbocycles. The number of carbonyl (C=O) groups excluding carboxylic acids is 1. The first kappa shape index (κ1) is 22.4. The van der Waals surface area contributed by atoms with Crippen LogP contribution in [-0.4, -0.2) is 30.2 Å². The first-order valence-corrected chi connectivity index (χ1v) is 10.5. The number of methoxy groups -OCH3 is 2. The molecule has 10 heteroatoms. The SMILES string of the molecule is COc1cc(Nc2ncnc3c(NC(=O)Nc4cccc(Cl)c4Cl)cccc23)cc(OC)c1. The quantitative estimate of drug-likeness (QED) is 0.296. The molecule has 3 aromatic carbocycles. The van der Waals surface area contributed by atoms with Gasteiger partial charge in [-0.15, -0.1) is 0 Å². The Kier molecular flexibility index (Phi) is 6.67. The standard InChI is InChI=1S/C23H19Cl2N5O3/c1-32-14-9-13(10-15(11-14)33-2)28-22-16-5-3-8-19(21(16)26-12-27-22)30-23(31)29-18-7-4-6-17(24)20(18)25/h3-12H,1-2H3,(H,26,27,28)(H2,29,30,31). The molecule has 0 spiro atoms. The predicted octanol–water partition coefficient (Wildman–Crippen LogP) is 6.34. The van der Waals surface area contributed by atoms with E-state index in [1.807, 2.05) is 18.2 Å². The van der Waals surface area contributed by atoms with Crippen LogP contribution < -0.4 is 25.4 Å². The van der Waals surface area contributed by atoms with Crippen LogP contribution in [0.15, 0.2) is 60.9 Å². The smallest absolute Gasteiger partial charge is 0.323 e. The van der Waals surface area contributed by atoms with Crippen LogP contribution in [0.4, 0.5) is 27.7 Å². The second-order valence-electron chi connectivity index (χ2n) is 6.83. The minimum Gasteiger partial charge on any atom is -0.497 e. The summed E-state index contributed by atoms with van der Waals surface area (Å²) in [5.74, 6) is 1.82. The van der Waals surface area contributed by atoms with E-state index in [0.717, 1.165) is 5.69 Å². The molecule has 0 saturated heterocycles. The molecule has 1 heterocycles. The number of carbonyl (C=O) groups is 1. The summed E-state index contributed by atoms with van der Waals surface area (Å²) < 4.78 is 10.7. The number of amides is 2. The van der Waals surface area contributed by atoms with Crippen LogP contribution in [0.25, 0.3) is 10.9 Å². The number of rotatable bonds is 6. The summed E-state index contributed by atoms with van der Waals surface area (Å²) in [6.45, 7) is 0. The van der Waals surface area contributed by atoms with Gasteiger partial charge in [0.05, 0.1) is 41.2 Å². The summed E-state index contributed by atoms with van der Waals surface area (Å²) in [7, 11) is 3.16. The van der Waals surface area contributed by atoms with Gasteiger partial charge in [0.2, 0.25) is 0 Å². The van der Waals surface area contributed by atoms with E-state index in [9.17, 15) is 4.79 Å². The third-order valence-corrected chi connectivity index (χ3v) is 5.55. The summed E-state index contributed by atoms with van der Waals surface area (Å²) in [4.78, 5) is 21.3. The molecule has 0 bridgehead atoms. The number of urea groups is 1. The minimum absolute atomic E-state index is 0.259. The van der Waals surface area contributed by atoms with E-state index in [-0.39, 0.29) is 5.02 Å². The molecule has 0 fully saturated rings. The average molecular weight is 484 g/mol. The monoisotopic (exact) mass is 483 g/mol. The Bertz CT molecular complexity index is 1310. The van der Waals surface area contributed by atoms with Crippen molar-refractivity contribution in [2.45, 2.75) is 0 Å². The fraction of sp³-hybridized carbons (Fsp3) is 0.0870. The van der Waals surface area contributed by atoms with E-state index in [1.54, 1.807) is 50.6 Å². The van der Waals surface area contributed by atoms with Gasteiger partial charge in [-0.1, -0.05) is 35.3 Å². The van der Waals surface area contributed by atoms with Gasteiger partial charge in [0, 0.05) is 29.3 Å². The third kappa shape index (κ3) is 5.02. The Morgan fingerprint density at radius 3 is 2.27 bits per heavy atom. The lowest BCUT2D eigenvalue weighted by atomic mass is 10.2. The average Bonchev–Trinajstić information content (AvgIpc) is 2.82. The zero-order valence-corrected chi connectivity index (χ0v) is 19.2. The second kappa shape index (κ2) is 9.81. The summed E-state index contributed by atoms with van der Waals surface area (Å²) in [5, 5.41) is 10.1. The number of ether oxygens (including phenoxy) is 2. The van der Waals surface area contributed by atoms with Crippen molar-refractivity contribution >= 4 is 63.0 Å². The largest absolute Gasteiger partial charge is 0.497 e. The third-order valence-electron chi connectivity index (χ3n) is 4.73. The van der Waals surface area contributed by atoms with Crippen LogP contribution in [0.3, 0.4) is 0 Å². The minimum atomic E-state index is -0.489. The summed E-state index contributed by atoms with van der Waals surface area (Å²) in [6, 6.07) is 15.3. The van der Waals surface area contributed by atoms with Crippen molar-refractivity contribution in [2.75, 3.05) is 30.2 Å². The number of fused-ring (bicyclic) bond motifs is 1. The van der Waals surface area contributed by atoms with E-state index >= 15 is 0 Å². The topological polar surface area (TPSA) is 97.4 Å². The molecule has 3 N–H and O–H groups in total. The van der Waals surface area contributed by atoms with E-state index in [0.29, 0.717) is 44.6 Å². The number of aromatic nitrogens is 2. The predicted molar refractivity (Wildman–Crippen MR) is 131 cm³/mol. The Hall–Kier alpha value is -3.75. The fourth-order valence-electron chi connectivity index (χ4n) is 3.18. The molecule has 1 aromatic heterocycles. The Balaban J connectivity index is 1.61. The van der Waals surface area contributed by atoms with Gasteiger partial charge in [-0.2, -0.15) is 0 Å². The second-order valence-corrected chi connectivity index (χ2v) is 7.62. The van der Waals surface area contributed by atoms with Gasteiger partial charge in [-0.05, 0) is 24.3 Å². The Morgan fingerprint density at radius 1 is 0.879 bits per heavy atom. The van der Waals surface area contributed by atoms with Crippen molar-refractivity contribution in [3.05, 3.63) is 71.0 Å². The van der Waals surface area contributed by atoms with Crippen LogP contribution in [-0.2, 0) is 0 Å². The molecule has 0 radical (unpaired) electrons. The molecule has 4 aromatic rings. The first-order chi connectivity index (χ1) is 16.0. The van der Waals surface area contributed by atoms with Gasteiger partial charge in [0.1, 0.15) is 23.6 Å². The van der Waals surface area contributed by atoms with Crippen LogP contribution in [0.5, 0.6) is 11.5 Å². The van der Waals surface area contributed by atoms with Crippen molar-refractivity contribution in [3.8, 4) is 11.5 Å². The van der Waals surface area contributed by atoms with Crippen LogP contribution in [0.2, 0.25) is 10.0 Å². The van der Waals surface area contributed by atoms with E-state index in [4.69, 9.17) is 32.7 Å².